The third-order valence-electron chi connectivity index (χ3n) is 7.74. The van der Waals surface area contributed by atoms with Crippen LogP contribution in [0.5, 0.6) is 5.75 Å². The fraction of sp³-hybridized carbons (Fsp3) is 0.688. The van der Waals surface area contributed by atoms with Gasteiger partial charge in [0.1, 0.15) is 29.6 Å². The molecule has 1 aromatic heterocycles. The van der Waals surface area contributed by atoms with Gasteiger partial charge in [-0.2, -0.15) is 0 Å². The number of thioether (sulfide) groups is 1. The van der Waals surface area contributed by atoms with Crippen molar-refractivity contribution < 1.29 is 34.0 Å². The highest BCUT2D eigenvalue weighted by molar-refractivity contribution is 8.13. The molecule has 0 amide bonds. The molecule has 0 aliphatic carbocycles. The SMILES string of the molecule is CCCCCCCCCCCCCCCC(=O)SC[C@H]1O[C@@H](Oc2ccc3c(C)cc(=O)oc3c2)[C@H](O)[C@@H](O)[C@@H]1O. The van der Waals surface area contributed by atoms with E-state index in [-0.39, 0.29) is 16.6 Å². The largest absolute Gasteiger partial charge is 0.462 e. The molecule has 0 radical (unpaired) electrons. The van der Waals surface area contributed by atoms with Crippen LogP contribution in [0.15, 0.2) is 33.5 Å². The second kappa shape index (κ2) is 17.9. The Bertz CT molecular complexity index is 1120. The fourth-order valence-corrected chi connectivity index (χ4v) is 6.11. The van der Waals surface area contributed by atoms with Crippen molar-refractivity contribution in [3.63, 3.8) is 0 Å². The minimum Gasteiger partial charge on any atom is -0.462 e. The molecular formula is C32H48O8S. The van der Waals surface area contributed by atoms with Crippen molar-refractivity contribution in [3.05, 3.63) is 40.2 Å². The number of hydrogen-bond acceptors (Lipinski definition) is 9. The summed E-state index contributed by atoms with van der Waals surface area (Å²) in [7, 11) is 0. The summed E-state index contributed by atoms with van der Waals surface area (Å²) in [5.74, 6) is 0.400. The van der Waals surface area contributed by atoms with E-state index in [0.29, 0.717) is 12.0 Å². The van der Waals surface area contributed by atoms with Crippen molar-refractivity contribution in [3.8, 4) is 5.75 Å². The highest BCUT2D eigenvalue weighted by Gasteiger charge is 2.45. The molecule has 2 aromatic rings. The number of unbranched alkanes of at least 4 members (excludes halogenated alkanes) is 12. The zero-order valence-electron chi connectivity index (χ0n) is 24.6. The first-order chi connectivity index (χ1) is 19.8. The van der Waals surface area contributed by atoms with E-state index in [9.17, 15) is 24.9 Å². The number of aliphatic hydroxyl groups excluding tert-OH is 3. The minimum atomic E-state index is -1.51. The second-order valence-electron chi connectivity index (χ2n) is 11.2. The number of rotatable bonds is 18. The number of hydrogen-bond donors (Lipinski definition) is 3. The Morgan fingerprint density at radius 1 is 0.854 bits per heavy atom. The quantitative estimate of drug-likeness (QED) is 0.140. The number of aryl methyl sites for hydroxylation is 1. The fourth-order valence-electron chi connectivity index (χ4n) is 5.20. The molecule has 0 unspecified atom stereocenters. The van der Waals surface area contributed by atoms with Crippen molar-refractivity contribution >= 4 is 27.8 Å². The monoisotopic (exact) mass is 592 g/mol. The number of fused-ring (bicyclic) bond motifs is 1. The average molecular weight is 593 g/mol. The number of carbonyl (C=O) groups is 1. The average Bonchev–Trinajstić information content (AvgIpc) is 2.94. The summed E-state index contributed by atoms with van der Waals surface area (Å²) in [4.78, 5) is 24.2. The lowest BCUT2D eigenvalue weighted by Gasteiger charge is -2.40. The lowest BCUT2D eigenvalue weighted by molar-refractivity contribution is -0.267. The normalized spacial score (nSPS) is 22.7. The van der Waals surface area contributed by atoms with Crippen LogP contribution in [0.3, 0.4) is 0 Å². The van der Waals surface area contributed by atoms with E-state index in [2.05, 4.69) is 6.92 Å². The topological polar surface area (TPSA) is 126 Å². The van der Waals surface area contributed by atoms with E-state index in [0.717, 1.165) is 42.0 Å². The third kappa shape index (κ3) is 11.0. The molecule has 0 saturated carbocycles. The molecule has 3 rings (SSSR count). The molecule has 1 fully saturated rings. The molecule has 1 aromatic carbocycles. The lowest BCUT2D eigenvalue weighted by Crippen LogP contribution is -2.59. The first kappa shape index (κ1) is 33.6. The first-order valence-electron chi connectivity index (χ1n) is 15.4. The van der Waals surface area contributed by atoms with Crippen LogP contribution in [-0.4, -0.2) is 56.9 Å². The van der Waals surface area contributed by atoms with Gasteiger partial charge in [0.05, 0.1) is 6.10 Å². The molecule has 1 aliphatic rings. The van der Waals surface area contributed by atoms with Crippen molar-refractivity contribution in [2.24, 2.45) is 0 Å². The summed E-state index contributed by atoms with van der Waals surface area (Å²) in [6.07, 6.45) is 10.1. The Kier molecular flexibility index (Phi) is 14.7. The lowest BCUT2D eigenvalue weighted by atomic mass is 10.00. The first-order valence-corrected chi connectivity index (χ1v) is 16.3. The van der Waals surface area contributed by atoms with Crippen molar-refractivity contribution in [1.82, 2.24) is 0 Å². The molecule has 9 heteroatoms. The molecule has 2 heterocycles. The number of ether oxygens (including phenoxy) is 2. The maximum Gasteiger partial charge on any atom is 0.336 e. The Hall–Kier alpha value is -1.91. The van der Waals surface area contributed by atoms with E-state index in [4.69, 9.17) is 13.9 Å². The van der Waals surface area contributed by atoms with Crippen LogP contribution in [0, 0.1) is 6.92 Å². The molecule has 8 nitrogen and oxygen atoms in total. The Balaban J connectivity index is 1.34. The van der Waals surface area contributed by atoms with Crippen molar-refractivity contribution in [2.45, 2.75) is 134 Å². The van der Waals surface area contributed by atoms with Crippen LogP contribution in [0.1, 0.15) is 102 Å². The van der Waals surface area contributed by atoms with Gasteiger partial charge in [0.2, 0.25) is 6.29 Å². The van der Waals surface area contributed by atoms with Gasteiger partial charge in [0.25, 0.3) is 0 Å². The van der Waals surface area contributed by atoms with Crippen LogP contribution in [-0.2, 0) is 9.53 Å². The van der Waals surface area contributed by atoms with Gasteiger partial charge < -0.3 is 29.2 Å². The van der Waals surface area contributed by atoms with Crippen LogP contribution < -0.4 is 10.4 Å². The number of carbonyl (C=O) groups excluding carboxylic acids is 1. The Morgan fingerprint density at radius 2 is 1.46 bits per heavy atom. The molecule has 0 spiro atoms. The molecular weight excluding hydrogens is 544 g/mol. The van der Waals surface area contributed by atoms with E-state index in [1.807, 2.05) is 0 Å². The standard InChI is InChI=1S/C32H48O8S/c1-3-4-5-6-7-8-9-10-11-12-13-14-15-16-28(34)41-21-26-29(35)30(36)31(37)32(40-26)38-23-17-18-24-22(2)19-27(33)39-25(24)20-23/h17-20,26,29-32,35-37H,3-16,21H2,1-2H3/t26-,29-,30+,31-,32-/m1/s1. The number of benzene rings is 1. The van der Waals surface area contributed by atoms with Crippen molar-refractivity contribution in [1.29, 1.82) is 0 Å². The molecule has 1 aliphatic heterocycles. The zero-order chi connectivity index (χ0) is 29.6. The Morgan fingerprint density at radius 3 is 2.10 bits per heavy atom. The van der Waals surface area contributed by atoms with Crippen LogP contribution in [0.2, 0.25) is 0 Å². The molecule has 3 N–H and O–H groups in total. The van der Waals surface area contributed by atoms with Gasteiger partial charge >= 0.3 is 5.63 Å². The second-order valence-corrected chi connectivity index (χ2v) is 12.3. The van der Waals surface area contributed by atoms with Gasteiger partial charge in [-0.05, 0) is 31.0 Å². The van der Waals surface area contributed by atoms with Gasteiger partial charge in [-0.25, -0.2) is 4.79 Å². The molecule has 0 bridgehead atoms. The summed E-state index contributed by atoms with van der Waals surface area (Å²) in [5, 5.41) is 32.0. The summed E-state index contributed by atoms with van der Waals surface area (Å²) < 4.78 is 16.8. The van der Waals surface area contributed by atoms with Gasteiger partial charge in [0.15, 0.2) is 5.12 Å². The minimum absolute atomic E-state index is 0.0156. The van der Waals surface area contributed by atoms with E-state index in [1.54, 1.807) is 19.1 Å². The predicted molar refractivity (Wildman–Crippen MR) is 162 cm³/mol. The summed E-state index contributed by atoms with van der Waals surface area (Å²) in [5.41, 5.74) is 0.598. The maximum absolute atomic E-state index is 12.4. The highest BCUT2D eigenvalue weighted by Crippen LogP contribution is 2.29. The van der Waals surface area contributed by atoms with Gasteiger partial charge in [-0.3, -0.25) is 4.79 Å². The van der Waals surface area contributed by atoms with Gasteiger partial charge in [0, 0.05) is 29.7 Å². The highest BCUT2D eigenvalue weighted by atomic mass is 32.2. The van der Waals surface area contributed by atoms with Gasteiger partial charge in [-0.15, -0.1) is 0 Å². The molecule has 41 heavy (non-hydrogen) atoms. The summed E-state index contributed by atoms with van der Waals surface area (Å²) in [6.45, 7) is 4.05. The summed E-state index contributed by atoms with van der Waals surface area (Å²) >= 11 is 1.07. The zero-order valence-corrected chi connectivity index (χ0v) is 25.4. The maximum atomic E-state index is 12.4. The smallest absolute Gasteiger partial charge is 0.336 e. The van der Waals surface area contributed by atoms with Gasteiger partial charge in [-0.1, -0.05) is 95.7 Å². The molecule has 5 atom stereocenters. The van der Waals surface area contributed by atoms with Crippen LogP contribution in [0.25, 0.3) is 11.0 Å². The van der Waals surface area contributed by atoms with E-state index < -0.39 is 36.3 Å². The summed E-state index contributed by atoms with van der Waals surface area (Å²) in [6, 6.07) is 6.29. The van der Waals surface area contributed by atoms with Crippen LogP contribution in [0.4, 0.5) is 0 Å². The van der Waals surface area contributed by atoms with Crippen molar-refractivity contribution in [2.75, 3.05) is 5.75 Å². The number of aliphatic hydroxyl groups is 3. The molecule has 230 valence electrons. The van der Waals surface area contributed by atoms with E-state index in [1.165, 1.54) is 76.3 Å². The predicted octanol–water partition coefficient (Wildman–Crippen LogP) is 6.03. The van der Waals surface area contributed by atoms with E-state index >= 15 is 0 Å². The third-order valence-corrected chi connectivity index (χ3v) is 8.76. The Labute approximate surface area is 247 Å². The van der Waals surface area contributed by atoms with Crippen LogP contribution >= 0.6 is 11.8 Å². The molecule has 1 saturated heterocycles.